The molecular formula is C26H29NO. The van der Waals surface area contributed by atoms with Crippen LogP contribution in [0.1, 0.15) is 60.5 Å². The number of ketones is 1. The smallest absolute Gasteiger partial charge is 0.168 e. The van der Waals surface area contributed by atoms with Gasteiger partial charge in [-0.2, -0.15) is 0 Å². The summed E-state index contributed by atoms with van der Waals surface area (Å²) >= 11 is 0. The van der Waals surface area contributed by atoms with E-state index in [-0.39, 0.29) is 11.7 Å². The van der Waals surface area contributed by atoms with Crippen LogP contribution in [0.2, 0.25) is 0 Å². The minimum absolute atomic E-state index is 0.182. The minimum Gasteiger partial charge on any atom is -0.294 e. The first-order chi connectivity index (χ1) is 13.7. The predicted octanol–water partition coefficient (Wildman–Crippen LogP) is 6.60. The Hall–Kier alpha value is -2.74. The van der Waals surface area contributed by atoms with Gasteiger partial charge in [-0.1, -0.05) is 74.9 Å². The Morgan fingerprint density at radius 2 is 1.96 bits per heavy atom. The van der Waals surface area contributed by atoms with Crippen LogP contribution in [-0.2, 0) is 6.42 Å². The Morgan fingerprint density at radius 1 is 1.18 bits per heavy atom. The van der Waals surface area contributed by atoms with Crippen LogP contribution >= 0.6 is 0 Å². The highest BCUT2D eigenvalue weighted by Gasteiger charge is 2.32. The summed E-state index contributed by atoms with van der Waals surface area (Å²) in [7, 11) is 0. The molecule has 2 aromatic rings. The molecule has 144 valence electrons. The highest BCUT2D eigenvalue weighted by molar-refractivity contribution is 6.04. The lowest BCUT2D eigenvalue weighted by molar-refractivity contribution is 0.0967. The maximum absolute atomic E-state index is 12.8. The van der Waals surface area contributed by atoms with Gasteiger partial charge < -0.3 is 0 Å². The first kappa shape index (κ1) is 20.0. The van der Waals surface area contributed by atoms with Gasteiger partial charge in [0, 0.05) is 23.9 Å². The van der Waals surface area contributed by atoms with E-state index < -0.39 is 0 Å². The predicted molar refractivity (Wildman–Crippen MR) is 117 cm³/mol. The number of hydrogen-bond acceptors (Lipinski definition) is 2. The Balaban J connectivity index is 1.84. The molecule has 0 aliphatic heterocycles. The molecule has 1 aliphatic carbocycles. The number of carbonyl (C=O) groups excluding carboxylic acids is 1. The largest absolute Gasteiger partial charge is 0.294 e. The number of aromatic nitrogens is 1. The summed E-state index contributed by atoms with van der Waals surface area (Å²) in [6.45, 7) is 6.51. The van der Waals surface area contributed by atoms with Gasteiger partial charge in [0.15, 0.2) is 5.78 Å². The quantitative estimate of drug-likeness (QED) is 0.267. The molecule has 1 aromatic heterocycles. The molecule has 0 N–H and O–H groups in total. The lowest BCUT2D eigenvalue weighted by atomic mass is 9.91. The monoisotopic (exact) mass is 371 g/mol. The van der Waals surface area contributed by atoms with E-state index in [1.54, 1.807) is 12.4 Å². The fourth-order valence-corrected chi connectivity index (χ4v) is 3.30. The number of rotatable bonds is 10. The normalized spacial score (nSPS) is 14.4. The molecule has 1 aromatic carbocycles. The van der Waals surface area contributed by atoms with E-state index >= 15 is 0 Å². The van der Waals surface area contributed by atoms with E-state index in [9.17, 15) is 4.79 Å². The zero-order valence-corrected chi connectivity index (χ0v) is 16.7. The summed E-state index contributed by atoms with van der Waals surface area (Å²) in [4.78, 5) is 17.0. The van der Waals surface area contributed by atoms with E-state index in [1.165, 1.54) is 5.56 Å². The van der Waals surface area contributed by atoms with Gasteiger partial charge in [0.25, 0.3) is 0 Å². The zero-order chi connectivity index (χ0) is 19.8. The highest BCUT2D eigenvalue weighted by Crippen LogP contribution is 2.36. The second kappa shape index (κ2) is 9.98. The summed E-state index contributed by atoms with van der Waals surface area (Å²) in [5.74, 6) is 0.410. The van der Waals surface area contributed by atoms with Gasteiger partial charge >= 0.3 is 0 Å². The summed E-state index contributed by atoms with van der Waals surface area (Å²) < 4.78 is 0. The molecular weight excluding hydrogens is 342 g/mol. The molecule has 28 heavy (non-hydrogen) atoms. The number of pyridine rings is 1. The number of hydrogen-bond donors (Lipinski definition) is 0. The van der Waals surface area contributed by atoms with E-state index in [1.807, 2.05) is 12.1 Å². The number of unbranched alkanes of at least 4 members (excludes halogenated alkanes) is 2. The number of nitrogens with zero attached hydrogens (tertiary/aromatic N) is 1. The fraction of sp³-hybridized carbons (Fsp3) is 0.308. The van der Waals surface area contributed by atoms with Gasteiger partial charge in [-0.05, 0) is 54.0 Å². The highest BCUT2D eigenvalue weighted by atomic mass is 16.1. The molecule has 0 saturated heterocycles. The fourth-order valence-electron chi connectivity index (χ4n) is 3.30. The Kier molecular flexibility index (Phi) is 7.13. The topological polar surface area (TPSA) is 30.0 Å². The lowest BCUT2D eigenvalue weighted by Gasteiger charge is -2.13. The van der Waals surface area contributed by atoms with Crippen LogP contribution in [0, 0.1) is 5.92 Å². The van der Waals surface area contributed by atoms with Gasteiger partial charge in [-0.15, -0.1) is 0 Å². The third-order valence-electron chi connectivity index (χ3n) is 5.09. The van der Waals surface area contributed by atoms with Gasteiger partial charge in [-0.3, -0.25) is 9.78 Å². The van der Waals surface area contributed by atoms with Gasteiger partial charge in [0.1, 0.15) is 0 Å². The standard InChI is InChI=1S/C26H29NO/c1-3-4-6-14-23(20(2)10-9-13-21-11-7-5-8-12-21)24-17-18-27-19-25(24)26(28)22-15-16-22/h5,7-12,14,17-19,22H,2-4,6,13,15-16H2,1H3/b10-9-,23-14-. The molecule has 0 bridgehead atoms. The van der Waals surface area contributed by atoms with Crippen molar-refractivity contribution in [3.8, 4) is 0 Å². The summed E-state index contributed by atoms with van der Waals surface area (Å²) in [6, 6.07) is 12.4. The van der Waals surface area contributed by atoms with Crippen LogP contribution in [0.15, 0.2) is 79.2 Å². The van der Waals surface area contributed by atoms with E-state index in [0.717, 1.165) is 60.8 Å². The molecule has 1 aliphatic rings. The second-order valence-corrected chi connectivity index (χ2v) is 7.44. The second-order valence-electron chi connectivity index (χ2n) is 7.44. The number of allylic oxidation sites excluding steroid dienone is 5. The average molecular weight is 372 g/mol. The van der Waals surface area contributed by atoms with Crippen molar-refractivity contribution in [2.24, 2.45) is 5.92 Å². The molecule has 2 heteroatoms. The van der Waals surface area contributed by atoms with Crippen molar-refractivity contribution < 1.29 is 4.79 Å². The molecule has 1 saturated carbocycles. The Morgan fingerprint density at radius 3 is 2.68 bits per heavy atom. The number of carbonyl (C=O) groups is 1. The maximum atomic E-state index is 12.8. The summed E-state index contributed by atoms with van der Waals surface area (Å²) in [6.07, 6.45) is 16.1. The maximum Gasteiger partial charge on any atom is 0.168 e. The summed E-state index contributed by atoms with van der Waals surface area (Å²) in [5.41, 5.74) is 4.99. The van der Waals surface area contributed by atoms with Crippen LogP contribution in [0.3, 0.4) is 0 Å². The molecule has 0 unspecified atom stereocenters. The molecule has 3 rings (SSSR count). The van der Waals surface area contributed by atoms with Gasteiger partial charge in [0.05, 0.1) is 0 Å². The van der Waals surface area contributed by atoms with Gasteiger partial charge in [-0.25, -0.2) is 0 Å². The third kappa shape index (κ3) is 5.39. The van der Waals surface area contributed by atoms with Crippen LogP contribution in [0.25, 0.3) is 5.57 Å². The number of Topliss-reactive ketones (excluding diaryl/α,β-unsaturated/α-hetero) is 1. The molecule has 2 nitrogen and oxygen atoms in total. The molecule has 0 radical (unpaired) electrons. The van der Waals surface area contributed by atoms with Crippen LogP contribution < -0.4 is 0 Å². The van der Waals surface area contributed by atoms with E-state index in [0.29, 0.717) is 0 Å². The lowest BCUT2D eigenvalue weighted by Crippen LogP contribution is -2.06. The van der Waals surface area contributed by atoms with Gasteiger partial charge in [0.2, 0.25) is 0 Å². The molecule has 1 heterocycles. The van der Waals surface area contributed by atoms with Crippen molar-refractivity contribution in [3.63, 3.8) is 0 Å². The minimum atomic E-state index is 0.182. The summed E-state index contributed by atoms with van der Waals surface area (Å²) in [5, 5.41) is 0. The van der Waals surface area contributed by atoms with Crippen molar-refractivity contribution in [1.29, 1.82) is 0 Å². The van der Waals surface area contributed by atoms with Crippen LogP contribution in [-0.4, -0.2) is 10.8 Å². The van der Waals surface area contributed by atoms with Crippen molar-refractivity contribution in [3.05, 3.63) is 95.9 Å². The SMILES string of the molecule is C=C(/C=C\Cc1ccccc1)/C(=C/CCCC)c1ccncc1C(=O)C1CC1. The van der Waals surface area contributed by atoms with Crippen LogP contribution in [0.5, 0.6) is 0 Å². The van der Waals surface area contributed by atoms with Crippen LogP contribution in [0.4, 0.5) is 0 Å². The third-order valence-corrected chi connectivity index (χ3v) is 5.09. The van der Waals surface area contributed by atoms with Crippen molar-refractivity contribution >= 4 is 11.4 Å². The molecule has 0 amide bonds. The van der Waals surface area contributed by atoms with Crippen molar-refractivity contribution in [2.75, 3.05) is 0 Å². The first-order valence-electron chi connectivity index (χ1n) is 10.3. The van der Waals surface area contributed by atoms with E-state index in [4.69, 9.17) is 0 Å². The average Bonchev–Trinajstić information content (AvgIpc) is 3.57. The molecule has 0 atom stereocenters. The first-order valence-corrected chi connectivity index (χ1v) is 10.3. The Labute approximate surface area is 168 Å². The Bertz CT molecular complexity index is 872. The van der Waals surface area contributed by atoms with Crippen molar-refractivity contribution in [2.45, 2.75) is 45.4 Å². The zero-order valence-electron chi connectivity index (χ0n) is 16.7. The van der Waals surface area contributed by atoms with Crippen molar-refractivity contribution in [1.82, 2.24) is 4.98 Å². The molecule has 1 fully saturated rings. The number of benzene rings is 1. The van der Waals surface area contributed by atoms with E-state index in [2.05, 4.69) is 61.0 Å². The molecule has 0 spiro atoms.